The van der Waals surface area contributed by atoms with Crippen molar-refractivity contribution < 1.29 is 4.79 Å². The van der Waals surface area contributed by atoms with Crippen LogP contribution in [0, 0.1) is 0 Å². The normalized spacial score (nSPS) is 11.2. The number of aromatic nitrogens is 2. The number of nitrogens with zero attached hydrogens (tertiary/aromatic N) is 2. The van der Waals surface area contributed by atoms with Crippen molar-refractivity contribution in [3.05, 3.63) is 87.9 Å². The van der Waals surface area contributed by atoms with Crippen LogP contribution in [0.3, 0.4) is 0 Å². The number of benzene rings is 3. The van der Waals surface area contributed by atoms with E-state index in [0.717, 1.165) is 11.0 Å². The molecule has 1 aromatic heterocycles. The van der Waals surface area contributed by atoms with Crippen molar-refractivity contribution in [2.45, 2.75) is 0 Å². The summed E-state index contributed by atoms with van der Waals surface area (Å²) in [6.45, 7) is 0. The summed E-state index contributed by atoms with van der Waals surface area (Å²) in [6.07, 6.45) is 1.47. The van der Waals surface area contributed by atoms with Crippen molar-refractivity contribution in [3.63, 3.8) is 0 Å². The maximum Gasteiger partial charge on any atom is 0.272 e. The predicted molar refractivity (Wildman–Crippen MR) is 113 cm³/mol. The average molecular weight is 409 g/mol. The van der Waals surface area contributed by atoms with Crippen molar-refractivity contribution in [1.29, 1.82) is 0 Å². The van der Waals surface area contributed by atoms with Crippen LogP contribution in [0.25, 0.3) is 22.4 Å². The van der Waals surface area contributed by atoms with Crippen molar-refractivity contribution in [2.75, 3.05) is 0 Å². The number of rotatable bonds is 4. The first-order valence-electron chi connectivity index (χ1n) is 8.44. The van der Waals surface area contributed by atoms with Crippen LogP contribution in [-0.4, -0.2) is 22.1 Å². The lowest BCUT2D eigenvalue weighted by atomic mass is 10.1. The van der Waals surface area contributed by atoms with Gasteiger partial charge in [-0.15, -0.1) is 0 Å². The van der Waals surface area contributed by atoms with Gasteiger partial charge in [0.15, 0.2) is 0 Å². The Morgan fingerprint density at radius 1 is 1.04 bits per heavy atom. The summed E-state index contributed by atoms with van der Waals surface area (Å²) >= 11 is 12.0. The number of fused-ring (bicyclic) bond motifs is 1. The van der Waals surface area contributed by atoms with Crippen LogP contribution in [0.2, 0.25) is 10.0 Å². The Hall–Kier alpha value is -3.15. The molecule has 0 atom stereocenters. The van der Waals surface area contributed by atoms with Crippen molar-refractivity contribution in [1.82, 2.24) is 15.4 Å². The number of amides is 1. The molecule has 0 aliphatic carbocycles. The summed E-state index contributed by atoms with van der Waals surface area (Å²) in [5, 5.41) is 4.99. The minimum absolute atomic E-state index is 0.350. The highest BCUT2D eigenvalue weighted by Crippen LogP contribution is 2.24. The largest absolute Gasteiger partial charge is 0.338 e. The van der Waals surface area contributed by atoms with E-state index in [2.05, 4.69) is 20.5 Å². The molecule has 1 heterocycles. The first kappa shape index (κ1) is 18.2. The first-order chi connectivity index (χ1) is 13.6. The average Bonchev–Trinajstić information content (AvgIpc) is 3.13. The van der Waals surface area contributed by atoms with Crippen LogP contribution >= 0.6 is 23.2 Å². The van der Waals surface area contributed by atoms with E-state index in [9.17, 15) is 4.79 Å². The number of hydrazone groups is 1. The van der Waals surface area contributed by atoms with Crippen LogP contribution in [0.15, 0.2) is 71.8 Å². The van der Waals surface area contributed by atoms with E-state index in [1.165, 1.54) is 6.21 Å². The highest BCUT2D eigenvalue weighted by atomic mass is 35.5. The minimum Gasteiger partial charge on any atom is -0.338 e. The van der Waals surface area contributed by atoms with Crippen LogP contribution < -0.4 is 5.43 Å². The number of aromatic amines is 1. The van der Waals surface area contributed by atoms with Gasteiger partial charge in [-0.1, -0.05) is 59.6 Å². The zero-order chi connectivity index (χ0) is 19.5. The molecule has 28 heavy (non-hydrogen) atoms. The van der Waals surface area contributed by atoms with Gasteiger partial charge >= 0.3 is 0 Å². The lowest BCUT2D eigenvalue weighted by Crippen LogP contribution is -2.18. The van der Waals surface area contributed by atoms with Crippen LogP contribution in [0.5, 0.6) is 0 Å². The van der Waals surface area contributed by atoms with Crippen molar-refractivity contribution in [2.24, 2.45) is 5.10 Å². The molecule has 0 spiro atoms. The number of hydrogen-bond donors (Lipinski definition) is 2. The maximum atomic E-state index is 12.7. The van der Waals surface area contributed by atoms with Gasteiger partial charge in [-0.25, -0.2) is 10.4 Å². The highest BCUT2D eigenvalue weighted by molar-refractivity contribution is 6.36. The zero-order valence-corrected chi connectivity index (χ0v) is 16.0. The number of imidazole rings is 1. The third-order valence-electron chi connectivity index (χ3n) is 4.15. The summed E-state index contributed by atoms with van der Waals surface area (Å²) in [5.74, 6) is 0.272. The van der Waals surface area contributed by atoms with Gasteiger partial charge in [-0.2, -0.15) is 5.10 Å². The van der Waals surface area contributed by atoms with Gasteiger partial charge in [-0.3, -0.25) is 4.79 Å². The maximum absolute atomic E-state index is 12.7. The Balaban J connectivity index is 1.59. The predicted octanol–water partition coefficient (Wildman–Crippen LogP) is 5.30. The number of hydrogen-bond acceptors (Lipinski definition) is 3. The number of carbonyl (C=O) groups is 1. The van der Waals surface area contributed by atoms with Crippen LogP contribution in [-0.2, 0) is 0 Å². The number of halogens is 2. The Bertz CT molecular complexity index is 1170. The molecule has 1 amide bonds. The van der Waals surface area contributed by atoms with Gasteiger partial charge in [0.05, 0.1) is 27.8 Å². The van der Waals surface area contributed by atoms with Gasteiger partial charge in [0.1, 0.15) is 5.82 Å². The number of H-pyrrole nitrogens is 1. The fraction of sp³-hybridized carbons (Fsp3) is 0. The van der Waals surface area contributed by atoms with Crippen molar-refractivity contribution >= 4 is 46.4 Å². The van der Waals surface area contributed by atoms with E-state index in [1.807, 2.05) is 36.4 Å². The molecule has 2 N–H and O–H groups in total. The summed E-state index contributed by atoms with van der Waals surface area (Å²) < 4.78 is 0. The third-order valence-corrected chi connectivity index (χ3v) is 4.71. The minimum atomic E-state index is -0.350. The molecule has 138 valence electrons. The Labute approximate surface area is 171 Å². The monoisotopic (exact) mass is 408 g/mol. The molecule has 3 aromatic carbocycles. The summed E-state index contributed by atoms with van der Waals surface area (Å²) in [7, 11) is 0. The van der Waals surface area contributed by atoms with E-state index in [1.54, 1.807) is 30.3 Å². The van der Waals surface area contributed by atoms with E-state index >= 15 is 0 Å². The Morgan fingerprint density at radius 3 is 2.64 bits per heavy atom. The van der Waals surface area contributed by atoms with Crippen molar-refractivity contribution in [3.8, 4) is 11.4 Å². The molecule has 4 aromatic rings. The van der Waals surface area contributed by atoms with Gasteiger partial charge in [-0.05, 0) is 30.3 Å². The molecule has 0 fully saturated rings. The SMILES string of the molecule is O=C(N/N=C/c1ccc(Cl)cc1Cl)c1ccccc1-c1nc2ccccc2[nH]1. The second-order valence-corrected chi connectivity index (χ2v) is 6.86. The Kier molecular flexibility index (Phi) is 5.10. The third kappa shape index (κ3) is 3.76. The summed E-state index contributed by atoms with van der Waals surface area (Å²) in [4.78, 5) is 20.5. The molecular weight excluding hydrogens is 395 g/mol. The molecule has 5 nitrogen and oxygen atoms in total. The number of para-hydroxylation sites is 2. The summed E-state index contributed by atoms with van der Waals surface area (Å²) in [5.41, 5.74) is 6.07. The van der Waals surface area contributed by atoms with Gasteiger partial charge in [0, 0.05) is 16.1 Å². The van der Waals surface area contributed by atoms with E-state index in [4.69, 9.17) is 23.2 Å². The van der Waals surface area contributed by atoms with Gasteiger partial charge in [0.2, 0.25) is 0 Å². The fourth-order valence-corrected chi connectivity index (χ4v) is 3.25. The van der Waals surface area contributed by atoms with Gasteiger partial charge < -0.3 is 4.98 Å². The second-order valence-electron chi connectivity index (χ2n) is 6.01. The molecule has 7 heteroatoms. The number of carbonyl (C=O) groups excluding carboxylic acids is 1. The second kappa shape index (κ2) is 7.84. The van der Waals surface area contributed by atoms with Crippen LogP contribution in [0.4, 0.5) is 0 Å². The molecule has 0 saturated carbocycles. The molecule has 0 bridgehead atoms. The lowest BCUT2D eigenvalue weighted by Gasteiger charge is -2.06. The first-order valence-corrected chi connectivity index (χ1v) is 9.20. The molecule has 0 radical (unpaired) electrons. The zero-order valence-electron chi connectivity index (χ0n) is 14.5. The molecular formula is C21H14Cl2N4O. The molecule has 0 unspecified atom stereocenters. The standard InChI is InChI=1S/C21H14Cl2N4O/c22-14-10-9-13(17(23)11-14)12-24-27-21(28)16-6-2-1-5-15(16)20-25-18-7-3-4-8-19(18)26-20/h1-12H,(H,25,26)(H,27,28)/b24-12+. The Morgan fingerprint density at radius 2 is 1.82 bits per heavy atom. The van der Waals surface area contributed by atoms with E-state index < -0.39 is 0 Å². The number of nitrogens with one attached hydrogen (secondary N) is 2. The van der Waals surface area contributed by atoms with E-state index in [0.29, 0.717) is 32.6 Å². The smallest absolute Gasteiger partial charge is 0.272 e. The molecule has 4 rings (SSSR count). The van der Waals surface area contributed by atoms with E-state index in [-0.39, 0.29) is 5.91 Å². The molecule has 0 saturated heterocycles. The fourth-order valence-electron chi connectivity index (χ4n) is 2.79. The lowest BCUT2D eigenvalue weighted by molar-refractivity contribution is 0.0955. The summed E-state index contributed by atoms with van der Waals surface area (Å²) in [6, 6.07) is 20.0. The molecule has 0 aliphatic heterocycles. The topological polar surface area (TPSA) is 70.1 Å². The highest BCUT2D eigenvalue weighted by Gasteiger charge is 2.14. The van der Waals surface area contributed by atoms with Gasteiger partial charge in [0.25, 0.3) is 5.91 Å². The van der Waals surface area contributed by atoms with Crippen LogP contribution in [0.1, 0.15) is 15.9 Å². The molecule has 0 aliphatic rings. The quantitative estimate of drug-likeness (QED) is 0.355.